The van der Waals surface area contributed by atoms with Crippen LogP contribution in [0.15, 0.2) is 60.0 Å². The average molecular weight is 668 g/mol. The number of aromatic nitrogens is 1. The second-order valence-electron chi connectivity index (χ2n) is 11.3. The predicted octanol–water partition coefficient (Wildman–Crippen LogP) is 7.81. The summed E-state index contributed by atoms with van der Waals surface area (Å²) in [5.74, 6) is 0.159. The lowest BCUT2D eigenvalue weighted by Crippen LogP contribution is -2.33. The van der Waals surface area contributed by atoms with Gasteiger partial charge in [-0.1, -0.05) is 29.3 Å². The number of hydrogen-bond donors (Lipinski definition) is 3. The van der Waals surface area contributed by atoms with Gasteiger partial charge in [-0.25, -0.2) is 4.98 Å². The van der Waals surface area contributed by atoms with E-state index < -0.39 is 0 Å². The summed E-state index contributed by atoms with van der Waals surface area (Å²) in [6.45, 7) is 4.98. The normalized spacial score (nSPS) is 15.1. The summed E-state index contributed by atoms with van der Waals surface area (Å²) in [5.41, 5.74) is 4.16. The Bertz CT molecular complexity index is 1670. The second-order valence-corrected chi connectivity index (χ2v) is 13.1. The van der Waals surface area contributed by atoms with E-state index in [0.29, 0.717) is 58.5 Å². The maximum absolute atomic E-state index is 13.6. The number of rotatable bonds is 11. The molecule has 45 heavy (non-hydrogen) atoms. The quantitative estimate of drug-likeness (QED) is 0.141. The van der Waals surface area contributed by atoms with Gasteiger partial charge in [0.05, 0.1) is 18.8 Å². The summed E-state index contributed by atoms with van der Waals surface area (Å²) in [6.07, 6.45) is 3.06. The molecule has 1 aliphatic heterocycles. The highest BCUT2D eigenvalue weighted by atomic mass is 35.5. The number of thiazole rings is 1. The van der Waals surface area contributed by atoms with Gasteiger partial charge in [0.2, 0.25) is 0 Å². The molecule has 2 atom stereocenters. The molecule has 0 spiro atoms. The molecule has 0 radical (unpaired) electrons. The number of nitrogens with one attached hydrogen (secondary N) is 2. The topological polar surface area (TPSA) is 104 Å². The summed E-state index contributed by atoms with van der Waals surface area (Å²) in [4.78, 5) is 33.4. The minimum absolute atomic E-state index is 0.0639. The van der Waals surface area contributed by atoms with Crippen molar-refractivity contribution in [2.75, 3.05) is 19.0 Å². The molecule has 0 saturated carbocycles. The van der Waals surface area contributed by atoms with E-state index >= 15 is 0 Å². The Hall–Kier alpha value is -3.79. The van der Waals surface area contributed by atoms with Gasteiger partial charge in [-0.15, -0.1) is 11.3 Å². The number of aromatic hydroxyl groups is 1. The van der Waals surface area contributed by atoms with Crippen LogP contribution < -0.4 is 15.4 Å². The molecular formula is C34H36Cl2N4O4S. The van der Waals surface area contributed by atoms with Crippen molar-refractivity contribution in [3.05, 3.63) is 103 Å². The van der Waals surface area contributed by atoms with Gasteiger partial charge in [0, 0.05) is 51.4 Å². The maximum atomic E-state index is 13.6. The molecule has 2 heterocycles. The second kappa shape index (κ2) is 14.5. The average Bonchev–Trinajstić information content (AvgIpc) is 3.67. The fourth-order valence-electron chi connectivity index (χ4n) is 5.48. The van der Waals surface area contributed by atoms with E-state index in [-0.39, 0.29) is 29.6 Å². The van der Waals surface area contributed by atoms with Gasteiger partial charge >= 0.3 is 0 Å². The molecule has 0 aliphatic carbocycles. The van der Waals surface area contributed by atoms with E-state index in [1.165, 1.54) is 7.11 Å². The molecule has 1 aromatic heterocycles. The Morgan fingerprint density at radius 3 is 2.53 bits per heavy atom. The van der Waals surface area contributed by atoms with Crippen molar-refractivity contribution in [3.63, 3.8) is 0 Å². The number of hydrogen-bond acceptors (Lipinski definition) is 7. The molecule has 8 nitrogen and oxygen atoms in total. The number of ether oxygens (including phenoxy) is 1. The van der Waals surface area contributed by atoms with Gasteiger partial charge in [0.15, 0.2) is 0 Å². The number of likely N-dealkylation sites (tertiary alicyclic amines) is 1. The zero-order chi connectivity index (χ0) is 32.1. The first-order valence-electron chi connectivity index (χ1n) is 14.8. The summed E-state index contributed by atoms with van der Waals surface area (Å²) in [5, 5.41) is 20.9. The Kier molecular flexibility index (Phi) is 10.5. The van der Waals surface area contributed by atoms with E-state index in [0.717, 1.165) is 34.7 Å². The van der Waals surface area contributed by atoms with Crippen molar-refractivity contribution in [3.8, 4) is 11.5 Å². The van der Waals surface area contributed by atoms with Crippen molar-refractivity contribution >= 4 is 52.0 Å². The van der Waals surface area contributed by atoms with Crippen molar-refractivity contribution in [1.29, 1.82) is 0 Å². The van der Waals surface area contributed by atoms with Gasteiger partial charge in [0.25, 0.3) is 11.8 Å². The third kappa shape index (κ3) is 8.28. The minimum atomic E-state index is -0.285. The van der Waals surface area contributed by atoms with Crippen LogP contribution in [0.4, 0.5) is 5.69 Å². The first-order chi connectivity index (χ1) is 21.6. The van der Waals surface area contributed by atoms with Crippen LogP contribution in [0.5, 0.6) is 11.5 Å². The molecular weight excluding hydrogens is 631 g/mol. The largest absolute Gasteiger partial charge is 0.506 e. The zero-order valence-corrected chi connectivity index (χ0v) is 27.7. The Labute approximate surface area is 277 Å². The number of aryl methyl sites for hydroxylation is 2. The molecule has 11 heteroatoms. The zero-order valence-electron chi connectivity index (χ0n) is 25.4. The van der Waals surface area contributed by atoms with Crippen molar-refractivity contribution < 1.29 is 19.4 Å². The first kappa shape index (κ1) is 32.6. The fourth-order valence-corrected chi connectivity index (χ4v) is 7.00. The summed E-state index contributed by atoms with van der Waals surface area (Å²) >= 11 is 13.7. The third-order valence-electron chi connectivity index (χ3n) is 7.80. The molecule has 0 unspecified atom stereocenters. The highest BCUT2D eigenvalue weighted by Crippen LogP contribution is 2.35. The van der Waals surface area contributed by atoms with Gasteiger partial charge in [-0.3, -0.25) is 9.59 Å². The van der Waals surface area contributed by atoms with E-state index in [4.69, 9.17) is 27.9 Å². The lowest BCUT2D eigenvalue weighted by Gasteiger charge is -2.24. The van der Waals surface area contributed by atoms with E-state index in [9.17, 15) is 14.7 Å². The minimum Gasteiger partial charge on any atom is -0.506 e. The number of nitrogens with zero attached hydrogens (tertiary/aromatic N) is 2. The van der Waals surface area contributed by atoms with Crippen LogP contribution in [0.2, 0.25) is 10.0 Å². The van der Waals surface area contributed by atoms with Gasteiger partial charge in [-0.05, 0) is 99.2 Å². The number of halogens is 2. The highest BCUT2D eigenvalue weighted by molar-refractivity contribution is 7.09. The number of methoxy groups -OCH3 is 1. The summed E-state index contributed by atoms with van der Waals surface area (Å²) < 4.78 is 5.46. The van der Waals surface area contributed by atoms with Crippen LogP contribution in [0, 0.1) is 6.92 Å². The lowest BCUT2D eigenvalue weighted by molar-refractivity contribution is 0.0735. The molecule has 3 N–H and O–H groups in total. The first-order valence-corrected chi connectivity index (χ1v) is 16.5. The molecule has 4 aromatic rings. The number of carbonyl (C=O) groups is 2. The Balaban J connectivity index is 1.18. The van der Waals surface area contributed by atoms with Gasteiger partial charge in [0.1, 0.15) is 16.5 Å². The lowest BCUT2D eigenvalue weighted by atomic mass is 10.0. The molecule has 3 aromatic carbocycles. The fraction of sp³-hybridized carbons (Fsp3) is 0.324. The van der Waals surface area contributed by atoms with Gasteiger partial charge in [-0.2, -0.15) is 0 Å². The van der Waals surface area contributed by atoms with Gasteiger partial charge < -0.3 is 25.4 Å². The van der Waals surface area contributed by atoms with E-state index in [1.807, 2.05) is 48.4 Å². The van der Waals surface area contributed by atoms with Crippen LogP contribution in [-0.4, -0.2) is 46.5 Å². The number of phenolic OH excluding ortho intramolecular Hbond substituents is 1. The van der Waals surface area contributed by atoms with Crippen LogP contribution in [0.3, 0.4) is 0 Å². The molecule has 0 bridgehead atoms. The maximum Gasteiger partial charge on any atom is 0.254 e. The molecule has 5 rings (SSSR count). The standard InChI is InChI=1S/C34H36Cl2N4O4S/c1-20(6-7-22-8-9-29(31(41)13-22)37-18-23-11-26(35)17-27(36)12-23)38-32(42)24-14-25(16-28(15-24)44-3)34(43)40-10-4-5-30(40)33-39-21(2)19-45-33/h8-9,11-17,19-20,30,37,41H,4-7,10,18H2,1-3H3,(H,38,42)/t20-,30+/m0/s1. The molecule has 1 saturated heterocycles. The van der Waals surface area contributed by atoms with Crippen molar-refractivity contribution in [2.45, 2.75) is 58.2 Å². The van der Waals surface area contributed by atoms with Crippen LogP contribution in [-0.2, 0) is 13.0 Å². The highest BCUT2D eigenvalue weighted by Gasteiger charge is 2.33. The Morgan fingerprint density at radius 1 is 1.09 bits per heavy atom. The number of phenols is 1. The van der Waals surface area contributed by atoms with Crippen LogP contribution in [0.25, 0.3) is 0 Å². The monoisotopic (exact) mass is 666 g/mol. The number of benzene rings is 3. The van der Waals surface area contributed by atoms with E-state index in [1.54, 1.807) is 41.7 Å². The summed E-state index contributed by atoms with van der Waals surface area (Å²) in [6, 6.07) is 15.5. The summed E-state index contributed by atoms with van der Waals surface area (Å²) in [7, 11) is 1.52. The predicted molar refractivity (Wildman–Crippen MR) is 180 cm³/mol. The van der Waals surface area contributed by atoms with Crippen LogP contribution >= 0.6 is 34.5 Å². The van der Waals surface area contributed by atoms with Crippen LogP contribution in [0.1, 0.15) is 74.8 Å². The molecule has 2 amide bonds. The number of anilines is 1. The number of carbonyl (C=O) groups excluding carboxylic acids is 2. The van der Waals surface area contributed by atoms with E-state index in [2.05, 4.69) is 15.6 Å². The third-order valence-corrected chi connectivity index (χ3v) is 9.30. The SMILES string of the molecule is COc1cc(C(=O)N[C@@H](C)CCc2ccc(NCc3cc(Cl)cc(Cl)c3)c(O)c2)cc(C(=O)N2CCC[C@@H]2c2nc(C)cs2)c1. The molecule has 1 aliphatic rings. The van der Waals surface area contributed by atoms with Crippen molar-refractivity contribution in [1.82, 2.24) is 15.2 Å². The molecule has 1 fully saturated rings. The smallest absolute Gasteiger partial charge is 0.254 e. The van der Waals surface area contributed by atoms with Crippen molar-refractivity contribution in [2.24, 2.45) is 0 Å². The Morgan fingerprint density at radius 2 is 1.84 bits per heavy atom. The number of amides is 2. The molecule has 236 valence electrons.